The number of benzene rings is 1. The second-order valence-electron chi connectivity index (χ2n) is 3.59. The lowest BCUT2D eigenvalue weighted by Gasteiger charge is -2.10. The normalized spacial score (nSPS) is 15.4. The summed E-state index contributed by atoms with van der Waals surface area (Å²) in [6.07, 6.45) is -1.38. The maximum Gasteiger partial charge on any atom is 0.198 e. The Morgan fingerprint density at radius 2 is 2.07 bits per heavy atom. The van der Waals surface area contributed by atoms with Crippen LogP contribution in [0.15, 0.2) is 28.7 Å². The van der Waals surface area contributed by atoms with E-state index >= 15 is 0 Å². The Hall–Kier alpha value is -1.39. The fourth-order valence-electron chi connectivity index (χ4n) is 1.36. The SMILES string of the molecule is CC(O)C(O)Cc1nc2ccccc2o1. The van der Waals surface area contributed by atoms with Crippen LogP contribution < -0.4 is 0 Å². The largest absolute Gasteiger partial charge is 0.441 e. The van der Waals surface area contributed by atoms with Gasteiger partial charge in [0.05, 0.1) is 18.6 Å². The van der Waals surface area contributed by atoms with E-state index in [0.717, 1.165) is 5.52 Å². The van der Waals surface area contributed by atoms with E-state index < -0.39 is 12.2 Å². The van der Waals surface area contributed by atoms with E-state index in [1.165, 1.54) is 6.92 Å². The van der Waals surface area contributed by atoms with Crippen molar-refractivity contribution in [3.63, 3.8) is 0 Å². The number of hydrogen-bond acceptors (Lipinski definition) is 4. The quantitative estimate of drug-likeness (QED) is 0.791. The molecule has 0 bridgehead atoms. The summed E-state index contributed by atoms with van der Waals surface area (Å²) >= 11 is 0. The van der Waals surface area contributed by atoms with Gasteiger partial charge in [0.1, 0.15) is 5.52 Å². The van der Waals surface area contributed by atoms with Gasteiger partial charge < -0.3 is 14.6 Å². The van der Waals surface area contributed by atoms with Crippen LogP contribution in [0.2, 0.25) is 0 Å². The number of nitrogens with zero attached hydrogens (tertiary/aromatic N) is 1. The van der Waals surface area contributed by atoms with Crippen molar-refractivity contribution in [2.75, 3.05) is 0 Å². The van der Waals surface area contributed by atoms with Crippen LogP contribution in [-0.4, -0.2) is 27.4 Å². The minimum Gasteiger partial charge on any atom is -0.441 e. The van der Waals surface area contributed by atoms with Crippen LogP contribution >= 0.6 is 0 Å². The third-order valence-corrected chi connectivity index (χ3v) is 2.28. The van der Waals surface area contributed by atoms with Crippen LogP contribution in [0, 0.1) is 0 Å². The Balaban J connectivity index is 2.22. The molecule has 2 aromatic rings. The first-order valence-corrected chi connectivity index (χ1v) is 4.87. The highest BCUT2D eigenvalue weighted by molar-refractivity contribution is 5.72. The maximum absolute atomic E-state index is 9.46. The van der Waals surface area contributed by atoms with Gasteiger partial charge >= 0.3 is 0 Å². The minimum absolute atomic E-state index is 0.229. The first kappa shape index (κ1) is 10.1. The van der Waals surface area contributed by atoms with Gasteiger partial charge in [0.15, 0.2) is 11.5 Å². The molecule has 15 heavy (non-hydrogen) atoms. The fourth-order valence-corrected chi connectivity index (χ4v) is 1.36. The average molecular weight is 207 g/mol. The smallest absolute Gasteiger partial charge is 0.198 e. The van der Waals surface area contributed by atoms with Crippen molar-refractivity contribution in [1.82, 2.24) is 4.98 Å². The van der Waals surface area contributed by atoms with Crippen molar-refractivity contribution in [1.29, 1.82) is 0 Å². The zero-order valence-electron chi connectivity index (χ0n) is 8.42. The third kappa shape index (κ3) is 2.16. The third-order valence-electron chi connectivity index (χ3n) is 2.28. The topological polar surface area (TPSA) is 66.5 Å². The van der Waals surface area contributed by atoms with E-state index in [9.17, 15) is 5.11 Å². The minimum atomic E-state index is -0.835. The van der Waals surface area contributed by atoms with E-state index in [1.54, 1.807) is 0 Å². The number of aliphatic hydroxyl groups excluding tert-OH is 2. The fraction of sp³-hybridized carbons (Fsp3) is 0.364. The summed E-state index contributed by atoms with van der Waals surface area (Å²) in [5.41, 5.74) is 1.47. The Morgan fingerprint density at radius 3 is 2.73 bits per heavy atom. The van der Waals surface area contributed by atoms with Crippen molar-refractivity contribution >= 4 is 11.1 Å². The van der Waals surface area contributed by atoms with Gasteiger partial charge in [-0.3, -0.25) is 0 Å². The number of para-hydroxylation sites is 2. The van der Waals surface area contributed by atoms with Gasteiger partial charge in [-0.15, -0.1) is 0 Å². The molecule has 1 heterocycles. The predicted molar refractivity (Wildman–Crippen MR) is 55.4 cm³/mol. The monoisotopic (exact) mass is 207 g/mol. The number of oxazole rings is 1. The van der Waals surface area contributed by atoms with Gasteiger partial charge in [0.2, 0.25) is 0 Å². The molecule has 0 radical (unpaired) electrons. The van der Waals surface area contributed by atoms with Crippen molar-refractivity contribution < 1.29 is 14.6 Å². The molecule has 1 aromatic carbocycles. The highest BCUT2D eigenvalue weighted by atomic mass is 16.4. The number of hydrogen-bond donors (Lipinski definition) is 2. The van der Waals surface area contributed by atoms with Crippen molar-refractivity contribution in [3.8, 4) is 0 Å². The first-order valence-electron chi connectivity index (χ1n) is 4.87. The Labute approximate surface area is 87.2 Å². The Kier molecular flexibility index (Phi) is 2.70. The number of fused-ring (bicyclic) bond motifs is 1. The summed E-state index contributed by atoms with van der Waals surface area (Å²) in [6.45, 7) is 1.54. The van der Waals surface area contributed by atoms with Crippen LogP contribution in [-0.2, 0) is 6.42 Å². The molecule has 0 aliphatic carbocycles. The van der Waals surface area contributed by atoms with Crippen LogP contribution in [0.5, 0.6) is 0 Å². The maximum atomic E-state index is 9.46. The van der Waals surface area contributed by atoms with Gasteiger partial charge in [-0.25, -0.2) is 4.98 Å². The zero-order valence-corrected chi connectivity index (χ0v) is 8.42. The molecule has 0 aliphatic heterocycles. The summed E-state index contributed by atoms with van der Waals surface area (Å²) in [5.74, 6) is 0.449. The van der Waals surface area contributed by atoms with Gasteiger partial charge in [0.25, 0.3) is 0 Å². The molecule has 0 amide bonds. The van der Waals surface area contributed by atoms with Crippen LogP contribution in [0.25, 0.3) is 11.1 Å². The highest BCUT2D eigenvalue weighted by Gasteiger charge is 2.15. The lowest BCUT2D eigenvalue weighted by Crippen LogP contribution is -2.24. The van der Waals surface area contributed by atoms with Gasteiger partial charge in [-0.2, -0.15) is 0 Å². The number of aromatic nitrogens is 1. The van der Waals surface area contributed by atoms with Crippen LogP contribution in [0.3, 0.4) is 0 Å². The van der Waals surface area contributed by atoms with Crippen LogP contribution in [0.1, 0.15) is 12.8 Å². The summed E-state index contributed by atoms with van der Waals surface area (Å²) in [4.78, 5) is 4.20. The van der Waals surface area contributed by atoms with Gasteiger partial charge in [0, 0.05) is 0 Å². The molecule has 2 rings (SSSR count). The van der Waals surface area contributed by atoms with E-state index in [4.69, 9.17) is 9.52 Å². The molecule has 1 aromatic heterocycles. The first-order chi connectivity index (χ1) is 7.16. The molecule has 2 unspecified atom stereocenters. The Morgan fingerprint density at radius 1 is 1.33 bits per heavy atom. The molecule has 2 N–H and O–H groups in total. The summed E-state index contributed by atoms with van der Waals surface area (Å²) in [7, 11) is 0. The van der Waals surface area contributed by atoms with Crippen molar-refractivity contribution in [2.45, 2.75) is 25.6 Å². The number of aliphatic hydroxyl groups is 2. The molecular formula is C11H13NO3. The molecule has 2 atom stereocenters. The average Bonchev–Trinajstić information content (AvgIpc) is 2.59. The summed E-state index contributed by atoms with van der Waals surface area (Å²) in [5, 5.41) is 18.6. The van der Waals surface area contributed by atoms with E-state index in [-0.39, 0.29) is 6.42 Å². The summed E-state index contributed by atoms with van der Waals surface area (Å²) < 4.78 is 5.41. The molecule has 0 spiro atoms. The predicted octanol–water partition coefficient (Wildman–Crippen LogP) is 1.11. The molecule has 0 saturated carbocycles. The molecule has 0 aliphatic rings. The molecular weight excluding hydrogens is 194 g/mol. The lowest BCUT2D eigenvalue weighted by atomic mass is 10.2. The standard InChI is InChI=1S/C11H13NO3/c1-7(13)9(14)6-11-12-8-4-2-3-5-10(8)15-11/h2-5,7,9,13-14H,6H2,1H3. The van der Waals surface area contributed by atoms with Gasteiger partial charge in [-0.1, -0.05) is 12.1 Å². The number of rotatable bonds is 3. The second-order valence-corrected chi connectivity index (χ2v) is 3.59. The van der Waals surface area contributed by atoms with Gasteiger partial charge in [-0.05, 0) is 19.1 Å². The van der Waals surface area contributed by atoms with E-state index in [0.29, 0.717) is 11.5 Å². The summed E-state index contributed by atoms with van der Waals surface area (Å²) in [6, 6.07) is 7.40. The van der Waals surface area contributed by atoms with Crippen molar-refractivity contribution in [2.24, 2.45) is 0 Å². The van der Waals surface area contributed by atoms with E-state index in [1.807, 2.05) is 24.3 Å². The molecule has 80 valence electrons. The molecule has 0 saturated heterocycles. The van der Waals surface area contributed by atoms with Crippen LogP contribution in [0.4, 0.5) is 0 Å². The Bertz CT molecular complexity index is 417. The van der Waals surface area contributed by atoms with E-state index in [2.05, 4.69) is 4.98 Å². The zero-order chi connectivity index (χ0) is 10.8. The molecule has 4 heteroatoms. The highest BCUT2D eigenvalue weighted by Crippen LogP contribution is 2.16. The molecule has 0 fully saturated rings. The molecule has 4 nitrogen and oxygen atoms in total. The van der Waals surface area contributed by atoms with Crippen molar-refractivity contribution in [3.05, 3.63) is 30.2 Å². The lowest BCUT2D eigenvalue weighted by molar-refractivity contribution is 0.0283. The second kappa shape index (κ2) is 4.00.